The number of aliphatic hydroxyl groups is 1. The molecule has 1 N–H and O–H groups in total. The van der Waals surface area contributed by atoms with Crippen LogP contribution < -0.4 is 4.74 Å². The Hall–Kier alpha value is -2.58. The van der Waals surface area contributed by atoms with Gasteiger partial charge in [0, 0.05) is 18.8 Å². The molecule has 2 aliphatic rings. The van der Waals surface area contributed by atoms with Gasteiger partial charge in [-0.25, -0.2) is 4.79 Å². The van der Waals surface area contributed by atoms with E-state index in [1.807, 2.05) is 18.2 Å². The van der Waals surface area contributed by atoms with Crippen molar-refractivity contribution in [3.05, 3.63) is 65.7 Å². The van der Waals surface area contributed by atoms with E-state index in [-0.39, 0.29) is 17.8 Å². The fourth-order valence-electron chi connectivity index (χ4n) is 5.62. The minimum atomic E-state index is -4.40. The van der Waals surface area contributed by atoms with E-state index in [0.29, 0.717) is 36.0 Å². The van der Waals surface area contributed by atoms with Crippen molar-refractivity contribution in [3.8, 4) is 5.75 Å². The van der Waals surface area contributed by atoms with E-state index in [0.717, 1.165) is 50.9 Å². The molecule has 0 aromatic heterocycles. The molecule has 3 atom stereocenters. The molecular formula is C28H35F3NO4+. The summed E-state index contributed by atoms with van der Waals surface area (Å²) in [5, 5.41) is 11.6. The number of carbonyl (C=O) groups is 1. The molecule has 2 aromatic rings. The second-order valence-electron chi connectivity index (χ2n) is 10.4. The van der Waals surface area contributed by atoms with Crippen LogP contribution in [0.4, 0.5) is 13.2 Å². The van der Waals surface area contributed by atoms with Gasteiger partial charge in [0.15, 0.2) is 11.7 Å². The molecule has 0 radical (unpaired) electrons. The van der Waals surface area contributed by atoms with Gasteiger partial charge in [0.2, 0.25) is 0 Å². The van der Waals surface area contributed by atoms with Gasteiger partial charge < -0.3 is 19.1 Å². The summed E-state index contributed by atoms with van der Waals surface area (Å²) in [5.41, 5.74) is -1.78. The number of likely N-dealkylation sites (N-methyl/N-ethyl adjacent to an activating group) is 1. The highest BCUT2D eigenvalue weighted by Gasteiger charge is 2.49. The summed E-state index contributed by atoms with van der Waals surface area (Å²) in [7, 11) is 2.08. The van der Waals surface area contributed by atoms with Crippen molar-refractivity contribution in [2.75, 3.05) is 33.3 Å². The Balaban J connectivity index is 1.30. The van der Waals surface area contributed by atoms with Gasteiger partial charge in [-0.2, -0.15) is 13.2 Å². The van der Waals surface area contributed by atoms with E-state index in [9.17, 15) is 23.1 Å². The number of quaternary nitrogens is 1. The standard InChI is InChI=1S/C28H35F3NO4/c1-32(16-8-18-35-24-14-7-13-23(19-24)28(29,30)31)17-15-25(20-32)36-26(33)27(34,22-11-5-6-12-22)21-9-3-2-4-10-21/h2-4,7,9-10,13-14,19,22,25,34H,5-6,8,11-12,15-18,20H2,1H3/q+1. The van der Waals surface area contributed by atoms with E-state index >= 15 is 0 Å². The molecule has 4 rings (SSSR count). The number of rotatable bonds is 9. The molecule has 36 heavy (non-hydrogen) atoms. The van der Waals surface area contributed by atoms with Crippen molar-refractivity contribution < 1.29 is 37.0 Å². The number of esters is 1. The molecule has 0 bridgehead atoms. The van der Waals surface area contributed by atoms with Crippen LogP contribution in [-0.2, 0) is 21.3 Å². The van der Waals surface area contributed by atoms with Crippen molar-refractivity contribution in [3.63, 3.8) is 0 Å². The van der Waals surface area contributed by atoms with E-state index < -0.39 is 23.3 Å². The van der Waals surface area contributed by atoms with Gasteiger partial charge in [0.25, 0.3) is 0 Å². The van der Waals surface area contributed by atoms with E-state index in [2.05, 4.69) is 7.05 Å². The lowest BCUT2D eigenvalue weighted by Gasteiger charge is -2.33. The van der Waals surface area contributed by atoms with Crippen LogP contribution in [0.15, 0.2) is 54.6 Å². The average Bonchev–Trinajstić information content (AvgIpc) is 3.52. The summed E-state index contributed by atoms with van der Waals surface area (Å²) < 4.78 is 50.8. The Kier molecular flexibility index (Phi) is 7.95. The molecule has 0 amide bonds. The largest absolute Gasteiger partial charge is 0.493 e. The second-order valence-corrected chi connectivity index (χ2v) is 10.4. The zero-order valence-corrected chi connectivity index (χ0v) is 20.7. The zero-order valence-electron chi connectivity index (χ0n) is 20.7. The average molecular weight is 507 g/mol. The van der Waals surface area contributed by atoms with Crippen molar-refractivity contribution in [1.29, 1.82) is 0 Å². The maximum absolute atomic E-state index is 13.4. The van der Waals surface area contributed by atoms with Gasteiger partial charge in [-0.05, 0) is 36.6 Å². The first-order valence-corrected chi connectivity index (χ1v) is 12.7. The summed E-state index contributed by atoms with van der Waals surface area (Å²) in [6.45, 7) is 2.49. The third-order valence-corrected chi connectivity index (χ3v) is 7.65. The summed E-state index contributed by atoms with van der Waals surface area (Å²) in [6.07, 6.45) is 0.251. The number of carbonyl (C=O) groups excluding carboxylic acids is 1. The minimum absolute atomic E-state index is 0.150. The van der Waals surface area contributed by atoms with Gasteiger partial charge in [0.1, 0.15) is 12.3 Å². The molecule has 8 heteroatoms. The smallest absolute Gasteiger partial charge is 0.416 e. The lowest BCUT2D eigenvalue weighted by atomic mass is 9.80. The highest BCUT2D eigenvalue weighted by atomic mass is 19.4. The molecule has 196 valence electrons. The van der Waals surface area contributed by atoms with Gasteiger partial charge in [0.05, 0.1) is 32.3 Å². The molecule has 2 aromatic carbocycles. The first-order chi connectivity index (χ1) is 17.1. The SMILES string of the molecule is C[N+]1(CCCOc2cccc(C(F)(F)F)c2)CCC(OC(=O)C(O)(c2ccccc2)C2CCCC2)C1. The topological polar surface area (TPSA) is 55.8 Å². The van der Waals surface area contributed by atoms with Crippen molar-refractivity contribution in [2.45, 2.75) is 56.4 Å². The number of hydrogen-bond donors (Lipinski definition) is 1. The normalized spacial score (nSPS) is 24.4. The maximum atomic E-state index is 13.4. The third-order valence-electron chi connectivity index (χ3n) is 7.65. The van der Waals surface area contributed by atoms with Gasteiger partial charge >= 0.3 is 12.1 Å². The molecule has 0 spiro atoms. The van der Waals surface area contributed by atoms with Crippen molar-refractivity contribution >= 4 is 5.97 Å². The Morgan fingerprint density at radius 2 is 1.72 bits per heavy atom. The first kappa shape index (κ1) is 26.5. The lowest BCUT2D eigenvalue weighted by Crippen LogP contribution is -2.47. The molecule has 1 saturated heterocycles. The Morgan fingerprint density at radius 3 is 2.42 bits per heavy atom. The van der Waals surface area contributed by atoms with Crippen LogP contribution in [0.25, 0.3) is 0 Å². The third kappa shape index (κ3) is 6.03. The number of ether oxygens (including phenoxy) is 2. The number of alkyl halides is 3. The highest BCUT2D eigenvalue weighted by molar-refractivity contribution is 5.81. The van der Waals surface area contributed by atoms with E-state index in [4.69, 9.17) is 9.47 Å². The number of benzene rings is 2. The van der Waals surface area contributed by atoms with Gasteiger partial charge in [-0.15, -0.1) is 0 Å². The van der Waals surface area contributed by atoms with Gasteiger partial charge in [-0.3, -0.25) is 0 Å². The van der Waals surface area contributed by atoms with Crippen LogP contribution in [0.5, 0.6) is 5.75 Å². The van der Waals surface area contributed by atoms with Crippen LogP contribution in [0, 0.1) is 5.92 Å². The van der Waals surface area contributed by atoms with Crippen molar-refractivity contribution in [1.82, 2.24) is 0 Å². The molecule has 2 fully saturated rings. The predicted molar refractivity (Wildman–Crippen MR) is 129 cm³/mol. The Bertz CT molecular complexity index is 1020. The van der Waals surface area contributed by atoms with Crippen molar-refractivity contribution in [2.24, 2.45) is 5.92 Å². The fourth-order valence-corrected chi connectivity index (χ4v) is 5.62. The van der Waals surface area contributed by atoms with Crippen LogP contribution in [0.2, 0.25) is 0 Å². The monoisotopic (exact) mass is 506 g/mol. The molecule has 1 aliphatic heterocycles. The quantitative estimate of drug-likeness (QED) is 0.284. The van der Waals surface area contributed by atoms with Crippen LogP contribution >= 0.6 is 0 Å². The van der Waals surface area contributed by atoms with E-state index in [1.54, 1.807) is 12.1 Å². The number of nitrogens with zero attached hydrogens (tertiary/aromatic N) is 1. The molecular weight excluding hydrogens is 471 g/mol. The maximum Gasteiger partial charge on any atom is 0.416 e. The fraction of sp³-hybridized carbons (Fsp3) is 0.536. The molecule has 1 aliphatic carbocycles. The first-order valence-electron chi connectivity index (χ1n) is 12.7. The lowest BCUT2D eigenvalue weighted by molar-refractivity contribution is -0.899. The molecule has 5 nitrogen and oxygen atoms in total. The molecule has 3 unspecified atom stereocenters. The number of halogens is 3. The zero-order chi connectivity index (χ0) is 25.8. The number of hydrogen-bond acceptors (Lipinski definition) is 4. The highest BCUT2D eigenvalue weighted by Crippen LogP contribution is 2.42. The predicted octanol–water partition coefficient (Wildman–Crippen LogP) is 5.31. The summed E-state index contributed by atoms with van der Waals surface area (Å²) in [4.78, 5) is 13.4. The van der Waals surface area contributed by atoms with E-state index in [1.165, 1.54) is 12.1 Å². The second kappa shape index (κ2) is 10.8. The number of likely N-dealkylation sites (tertiary alicyclic amines) is 1. The molecule has 1 heterocycles. The molecule has 1 saturated carbocycles. The van der Waals surface area contributed by atoms with Crippen LogP contribution in [-0.4, -0.2) is 55.0 Å². The van der Waals surface area contributed by atoms with Crippen LogP contribution in [0.3, 0.4) is 0 Å². The minimum Gasteiger partial charge on any atom is -0.493 e. The van der Waals surface area contributed by atoms with Gasteiger partial charge in [-0.1, -0.05) is 49.2 Å². The van der Waals surface area contributed by atoms with Crippen LogP contribution in [0.1, 0.15) is 49.7 Å². The Morgan fingerprint density at radius 1 is 1.03 bits per heavy atom. The Labute approximate surface area is 210 Å². The summed E-state index contributed by atoms with van der Waals surface area (Å²) >= 11 is 0. The summed E-state index contributed by atoms with van der Waals surface area (Å²) in [6, 6.07) is 14.0. The summed E-state index contributed by atoms with van der Waals surface area (Å²) in [5.74, 6) is -0.512.